The number of phenols is 2. The van der Waals surface area contributed by atoms with Gasteiger partial charge in [0.25, 0.3) is 0 Å². The van der Waals surface area contributed by atoms with E-state index < -0.39 is 11.5 Å². The zero-order valence-corrected chi connectivity index (χ0v) is 20.1. The van der Waals surface area contributed by atoms with Crippen molar-refractivity contribution in [1.29, 1.82) is 0 Å². The molecular formula is C27H30O7. The normalized spacial score (nSPS) is 14.4. The van der Waals surface area contributed by atoms with Crippen LogP contribution in [-0.4, -0.2) is 23.9 Å². The molecule has 0 spiro atoms. The van der Waals surface area contributed by atoms with Gasteiger partial charge in [0.1, 0.15) is 40.1 Å². The number of aromatic hydroxyl groups is 2. The van der Waals surface area contributed by atoms with Crippen LogP contribution in [0.5, 0.6) is 28.7 Å². The molecule has 1 aliphatic rings. The first kappa shape index (κ1) is 23.5. The highest BCUT2D eigenvalue weighted by Crippen LogP contribution is 2.48. The molecule has 0 amide bonds. The summed E-state index contributed by atoms with van der Waals surface area (Å²) in [5.41, 5.74) is 1.41. The summed E-state index contributed by atoms with van der Waals surface area (Å²) in [4.78, 5) is 13.5. The van der Waals surface area contributed by atoms with Crippen LogP contribution in [0.15, 0.2) is 45.1 Å². The third-order valence-corrected chi connectivity index (χ3v) is 5.71. The van der Waals surface area contributed by atoms with Crippen molar-refractivity contribution in [3.05, 3.63) is 51.7 Å². The molecule has 4 rings (SSSR count). The highest BCUT2D eigenvalue weighted by molar-refractivity contribution is 5.88. The minimum atomic E-state index is -0.719. The fraction of sp³-hybridized carbons (Fsp3) is 0.370. The minimum Gasteiger partial charge on any atom is -0.508 e. The molecule has 34 heavy (non-hydrogen) atoms. The highest BCUT2D eigenvalue weighted by Gasteiger charge is 2.33. The van der Waals surface area contributed by atoms with Gasteiger partial charge < -0.3 is 28.8 Å². The number of benzene rings is 2. The summed E-state index contributed by atoms with van der Waals surface area (Å²) in [6, 6.07) is 5.90. The Morgan fingerprint density at radius 2 is 1.91 bits per heavy atom. The van der Waals surface area contributed by atoms with Gasteiger partial charge in [0.05, 0.1) is 24.8 Å². The van der Waals surface area contributed by atoms with E-state index in [2.05, 4.69) is 13.8 Å². The van der Waals surface area contributed by atoms with E-state index in [0.29, 0.717) is 41.1 Å². The summed E-state index contributed by atoms with van der Waals surface area (Å²) in [7, 11) is 1.55. The summed E-state index contributed by atoms with van der Waals surface area (Å²) in [5, 5.41) is 20.3. The van der Waals surface area contributed by atoms with Gasteiger partial charge in [0.2, 0.25) is 5.43 Å². The zero-order chi connectivity index (χ0) is 24.6. The van der Waals surface area contributed by atoms with Gasteiger partial charge in [-0.3, -0.25) is 4.79 Å². The van der Waals surface area contributed by atoms with E-state index >= 15 is 0 Å². The maximum Gasteiger partial charge on any atom is 0.204 e. The zero-order valence-electron chi connectivity index (χ0n) is 20.1. The Bertz CT molecular complexity index is 1310. The molecule has 7 nitrogen and oxygen atoms in total. The molecule has 180 valence electrons. The van der Waals surface area contributed by atoms with Gasteiger partial charge in [-0.1, -0.05) is 19.4 Å². The lowest BCUT2D eigenvalue weighted by atomic mass is 9.95. The van der Waals surface area contributed by atoms with E-state index in [4.69, 9.17) is 18.6 Å². The first-order chi connectivity index (χ1) is 16.2. The van der Waals surface area contributed by atoms with Crippen molar-refractivity contribution in [2.45, 2.75) is 46.6 Å². The smallest absolute Gasteiger partial charge is 0.204 e. The lowest BCUT2D eigenvalue weighted by Crippen LogP contribution is -2.22. The topological polar surface area (TPSA) is 98.4 Å². The van der Waals surface area contributed by atoms with Crippen molar-refractivity contribution in [1.82, 2.24) is 0 Å². The van der Waals surface area contributed by atoms with Crippen molar-refractivity contribution in [2.24, 2.45) is 5.92 Å². The van der Waals surface area contributed by atoms with Crippen molar-refractivity contribution in [3.63, 3.8) is 0 Å². The van der Waals surface area contributed by atoms with Crippen LogP contribution < -0.4 is 19.6 Å². The standard InChI is InChI=1S/C27H30O7/c1-14(2)7-6-8-32-21-13-19-17(12-20(21)31-5)27-25(22(33-19)9-15(3)4)26(30)24-18(29)10-16(28)11-23(24)34-27/h9-14,22,28-29H,6-8H2,1-5H3. The number of allylic oxidation sites excluding steroid dienone is 1. The highest BCUT2D eigenvalue weighted by atomic mass is 16.5. The molecule has 0 saturated carbocycles. The van der Waals surface area contributed by atoms with Crippen LogP contribution >= 0.6 is 0 Å². The SMILES string of the molecule is COc1cc2c(cc1OCCCC(C)C)OC(C=C(C)C)c1c-2oc2cc(O)cc(O)c2c1=O. The largest absolute Gasteiger partial charge is 0.508 e. The Kier molecular flexibility index (Phi) is 6.46. The summed E-state index contributed by atoms with van der Waals surface area (Å²) in [6.45, 7) is 8.71. The molecule has 0 saturated heterocycles. The molecule has 1 aromatic heterocycles. The third-order valence-electron chi connectivity index (χ3n) is 5.71. The predicted molar refractivity (Wildman–Crippen MR) is 130 cm³/mol. The average molecular weight is 467 g/mol. The van der Waals surface area contributed by atoms with Gasteiger partial charge in [0, 0.05) is 18.2 Å². The Morgan fingerprint density at radius 1 is 1.15 bits per heavy atom. The second-order valence-electron chi connectivity index (χ2n) is 9.18. The van der Waals surface area contributed by atoms with Crippen LogP contribution in [0.25, 0.3) is 22.3 Å². The predicted octanol–water partition coefficient (Wildman–Crippen LogP) is 6.09. The second kappa shape index (κ2) is 9.33. The van der Waals surface area contributed by atoms with Gasteiger partial charge in [-0.25, -0.2) is 0 Å². The van der Waals surface area contributed by atoms with Crippen LogP contribution in [0, 0.1) is 5.92 Å². The van der Waals surface area contributed by atoms with Gasteiger partial charge in [-0.05, 0) is 44.7 Å². The number of hydrogen-bond donors (Lipinski definition) is 2. The fourth-order valence-electron chi connectivity index (χ4n) is 4.13. The summed E-state index contributed by atoms with van der Waals surface area (Å²) < 4.78 is 23.9. The Balaban J connectivity index is 1.89. The van der Waals surface area contributed by atoms with Gasteiger partial charge >= 0.3 is 0 Å². The van der Waals surface area contributed by atoms with E-state index in [1.165, 1.54) is 6.07 Å². The molecule has 2 heterocycles. The van der Waals surface area contributed by atoms with E-state index in [1.807, 2.05) is 19.9 Å². The van der Waals surface area contributed by atoms with Crippen molar-refractivity contribution in [2.75, 3.05) is 13.7 Å². The van der Waals surface area contributed by atoms with Crippen molar-refractivity contribution in [3.8, 4) is 40.1 Å². The van der Waals surface area contributed by atoms with Crippen LogP contribution in [0.2, 0.25) is 0 Å². The van der Waals surface area contributed by atoms with Crippen molar-refractivity contribution < 1.29 is 28.8 Å². The first-order valence-electron chi connectivity index (χ1n) is 11.4. The van der Waals surface area contributed by atoms with Crippen molar-refractivity contribution >= 4 is 11.0 Å². The molecule has 0 bridgehead atoms. The molecule has 1 atom stereocenters. The quantitative estimate of drug-likeness (QED) is 0.321. The molecule has 1 unspecified atom stereocenters. The summed E-state index contributed by atoms with van der Waals surface area (Å²) in [5.74, 6) is 1.86. The summed E-state index contributed by atoms with van der Waals surface area (Å²) >= 11 is 0. The fourth-order valence-corrected chi connectivity index (χ4v) is 4.13. The Morgan fingerprint density at radius 3 is 2.59 bits per heavy atom. The maximum absolute atomic E-state index is 13.5. The minimum absolute atomic E-state index is 0.00664. The molecule has 2 N–H and O–H groups in total. The second-order valence-corrected chi connectivity index (χ2v) is 9.18. The monoisotopic (exact) mass is 466 g/mol. The Hall–Kier alpha value is -3.61. The number of hydrogen-bond acceptors (Lipinski definition) is 7. The number of phenolic OH excluding ortho intramolecular Hbond substituents is 2. The molecule has 3 aromatic rings. The molecule has 7 heteroatoms. The number of fused-ring (bicyclic) bond motifs is 4. The van der Waals surface area contributed by atoms with Crippen LogP contribution in [0.3, 0.4) is 0 Å². The van der Waals surface area contributed by atoms with E-state index in [1.54, 1.807) is 19.2 Å². The molecule has 0 aliphatic carbocycles. The molecule has 1 aliphatic heterocycles. The lowest BCUT2D eigenvalue weighted by molar-refractivity contribution is 0.239. The molecular weight excluding hydrogens is 436 g/mol. The average Bonchev–Trinajstić information content (AvgIpc) is 2.75. The van der Waals surface area contributed by atoms with E-state index in [0.717, 1.165) is 24.5 Å². The number of ether oxygens (including phenoxy) is 3. The summed E-state index contributed by atoms with van der Waals surface area (Å²) in [6.07, 6.45) is 3.08. The van der Waals surface area contributed by atoms with Crippen LogP contribution in [0.4, 0.5) is 0 Å². The molecule has 0 radical (unpaired) electrons. The van der Waals surface area contributed by atoms with Crippen LogP contribution in [-0.2, 0) is 0 Å². The van der Waals surface area contributed by atoms with E-state index in [9.17, 15) is 15.0 Å². The number of methoxy groups -OCH3 is 1. The Labute approximate surface area is 198 Å². The van der Waals surface area contributed by atoms with E-state index in [-0.39, 0.29) is 28.0 Å². The maximum atomic E-state index is 13.5. The van der Waals surface area contributed by atoms with Gasteiger partial charge in [-0.2, -0.15) is 0 Å². The first-order valence-corrected chi connectivity index (χ1v) is 11.4. The van der Waals surface area contributed by atoms with Gasteiger partial charge in [-0.15, -0.1) is 0 Å². The molecule has 0 fully saturated rings. The lowest BCUT2D eigenvalue weighted by Gasteiger charge is -2.27. The number of rotatable bonds is 7. The third kappa shape index (κ3) is 4.42. The van der Waals surface area contributed by atoms with Gasteiger partial charge in [0.15, 0.2) is 11.5 Å². The molecule has 2 aromatic carbocycles. The van der Waals surface area contributed by atoms with Crippen LogP contribution in [0.1, 0.15) is 52.2 Å².